The Kier molecular flexibility index (Phi) is 7.11. The van der Waals surface area contributed by atoms with E-state index >= 15 is 0 Å². The zero-order valence-corrected chi connectivity index (χ0v) is 13.8. The lowest BCUT2D eigenvalue weighted by Gasteiger charge is -2.39. The second-order valence-corrected chi connectivity index (χ2v) is 6.04. The average Bonchev–Trinajstić information content (AvgIpc) is 2.56. The smallest absolute Gasteiger partial charge is 0.234 e. The highest BCUT2D eigenvalue weighted by atomic mass is 19.1. The first-order chi connectivity index (χ1) is 11.5. The molecule has 24 heavy (non-hydrogen) atoms. The van der Waals surface area contributed by atoms with Gasteiger partial charge in [-0.2, -0.15) is 0 Å². The second kappa shape index (κ2) is 9.08. The monoisotopic (exact) mass is 340 g/mol. The molecule has 7 heteroatoms. The van der Waals surface area contributed by atoms with Gasteiger partial charge in [0.15, 0.2) is 0 Å². The fourth-order valence-electron chi connectivity index (χ4n) is 2.78. The number of aliphatic hydroxyl groups excluding tert-OH is 2. The van der Waals surface area contributed by atoms with Gasteiger partial charge in [-0.1, -0.05) is 19.1 Å². The highest BCUT2D eigenvalue weighted by molar-refractivity contribution is 5.78. The Labute approximate surface area is 141 Å². The SMILES string of the molecule is CCCN(CC(=O)NCc1ccc(F)cc1)[C@@H]1COC[C@@H](O)[C@H]1O. The standard InChI is InChI=1S/C17H25FN2O4/c1-2-7-20(14-10-24-11-15(21)17(14)23)9-16(22)19-8-12-3-5-13(18)6-4-12/h3-6,14-15,17,21,23H,2,7-11H2,1H3,(H,19,22)/t14-,15-,17+/m1/s1. The molecule has 0 radical (unpaired) electrons. The molecule has 0 unspecified atom stereocenters. The number of aliphatic hydroxyl groups is 2. The predicted molar refractivity (Wildman–Crippen MR) is 86.7 cm³/mol. The molecule has 0 saturated carbocycles. The van der Waals surface area contributed by atoms with E-state index < -0.39 is 18.2 Å². The number of hydrogen-bond donors (Lipinski definition) is 3. The molecule has 6 nitrogen and oxygen atoms in total. The van der Waals surface area contributed by atoms with E-state index in [1.165, 1.54) is 12.1 Å². The second-order valence-electron chi connectivity index (χ2n) is 6.04. The summed E-state index contributed by atoms with van der Waals surface area (Å²) in [5, 5.41) is 22.7. The molecule has 3 N–H and O–H groups in total. The Balaban J connectivity index is 1.89. The summed E-state index contributed by atoms with van der Waals surface area (Å²) in [4.78, 5) is 14.0. The van der Waals surface area contributed by atoms with Crippen LogP contribution in [0, 0.1) is 5.82 Å². The van der Waals surface area contributed by atoms with E-state index in [0.717, 1.165) is 12.0 Å². The van der Waals surface area contributed by atoms with Crippen LogP contribution in [0.4, 0.5) is 4.39 Å². The van der Waals surface area contributed by atoms with E-state index in [9.17, 15) is 19.4 Å². The van der Waals surface area contributed by atoms with Crippen molar-refractivity contribution in [2.45, 2.75) is 38.1 Å². The quantitative estimate of drug-likeness (QED) is 0.664. The summed E-state index contributed by atoms with van der Waals surface area (Å²) >= 11 is 0. The first kappa shape index (κ1) is 18.8. The molecule has 0 bridgehead atoms. The fraction of sp³-hybridized carbons (Fsp3) is 0.588. The summed E-state index contributed by atoms with van der Waals surface area (Å²) in [6.07, 6.45) is -1.06. The topological polar surface area (TPSA) is 82.0 Å². The molecule has 0 spiro atoms. The molecule has 1 aromatic rings. The van der Waals surface area contributed by atoms with Crippen molar-refractivity contribution in [1.82, 2.24) is 10.2 Å². The van der Waals surface area contributed by atoms with Gasteiger partial charge in [-0.05, 0) is 30.7 Å². The van der Waals surface area contributed by atoms with Gasteiger partial charge in [0.2, 0.25) is 5.91 Å². The molecule has 1 aliphatic heterocycles. The van der Waals surface area contributed by atoms with Crippen molar-refractivity contribution < 1.29 is 24.1 Å². The number of rotatable bonds is 7. The summed E-state index contributed by atoms with van der Waals surface area (Å²) in [5.74, 6) is -0.510. The Morgan fingerprint density at radius 3 is 2.71 bits per heavy atom. The van der Waals surface area contributed by atoms with E-state index in [2.05, 4.69) is 5.32 Å². The van der Waals surface area contributed by atoms with Crippen LogP contribution in [-0.4, -0.2) is 65.6 Å². The third-order valence-corrected chi connectivity index (χ3v) is 4.10. The number of hydrogen-bond acceptors (Lipinski definition) is 5. The molecule has 1 amide bonds. The predicted octanol–water partition coefficient (Wildman–Crippen LogP) is 0.274. The molecule has 2 rings (SSSR count). The van der Waals surface area contributed by atoms with Crippen molar-refractivity contribution in [3.63, 3.8) is 0 Å². The maximum absolute atomic E-state index is 12.9. The van der Waals surface area contributed by atoms with Crippen molar-refractivity contribution in [3.8, 4) is 0 Å². The number of amides is 1. The molecule has 1 heterocycles. The van der Waals surface area contributed by atoms with Crippen LogP contribution < -0.4 is 5.32 Å². The van der Waals surface area contributed by atoms with Crippen LogP contribution >= 0.6 is 0 Å². The highest BCUT2D eigenvalue weighted by Crippen LogP contribution is 2.15. The zero-order chi connectivity index (χ0) is 17.5. The van der Waals surface area contributed by atoms with E-state index in [4.69, 9.17) is 4.74 Å². The highest BCUT2D eigenvalue weighted by Gasteiger charge is 2.35. The lowest BCUT2D eigenvalue weighted by Crippen LogP contribution is -2.57. The van der Waals surface area contributed by atoms with Crippen LogP contribution in [0.5, 0.6) is 0 Å². The average molecular weight is 340 g/mol. The van der Waals surface area contributed by atoms with Crippen molar-refractivity contribution in [3.05, 3.63) is 35.6 Å². The minimum absolute atomic E-state index is 0.104. The van der Waals surface area contributed by atoms with E-state index in [1.807, 2.05) is 11.8 Å². The van der Waals surface area contributed by atoms with Crippen LogP contribution in [0.15, 0.2) is 24.3 Å². The van der Waals surface area contributed by atoms with Crippen LogP contribution in [0.25, 0.3) is 0 Å². The maximum Gasteiger partial charge on any atom is 0.234 e. The summed E-state index contributed by atoms with van der Waals surface area (Å²) in [5.41, 5.74) is 0.809. The number of ether oxygens (including phenoxy) is 1. The van der Waals surface area contributed by atoms with Crippen LogP contribution in [0.2, 0.25) is 0 Å². The van der Waals surface area contributed by atoms with Gasteiger partial charge in [0.25, 0.3) is 0 Å². The zero-order valence-electron chi connectivity index (χ0n) is 13.8. The van der Waals surface area contributed by atoms with Gasteiger partial charge in [0.1, 0.15) is 11.9 Å². The van der Waals surface area contributed by atoms with Gasteiger partial charge >= 0.3 is 0 Å². The summed E-state index contributed by atoms with van der Waals surface area (Å²) in [7, 11) is 0. The van der Waals surface area contributed by atoms with Gasteiger partial charge in [-0.3, -0.25) is 9.69 Å². The van der Waals surface area contributed by atoms with Gasteiger partial charge < -0.3 is 20.3 Å². The van der Waals surface area contributed by atoms with E-state index in [0.29, 0.717) is 13.1 Å². The first-order valence-corrected chi connectivity index (χ1v) is 8.20. The van der Waals surface area contributed by atoms with Gasteiger partial charge in [-0.25, -0.2) is 4.39 Å². The summed E-state index contributed by atoms with van der Waals surface area (Å²) < 4.78 is 18.2. The number of halogens is 1. The Bertz CT molecular complexity index is 526. The number of carbonyl (C=O) groups excluding carboxylic acids is 1. The van der Waals surface area contributed by atoms with E-state index in [-0.39, 0.29) is 31.5 Å². The largest absolute Gasteiger partial charge is 0.389 e. The molecule has 1 fully saturated rings. The normalized spacial score (nSPS) is 24.1. The summed E-state index contributed by atoms with van der Waals surface area (Å²) in [6, 6.07) is 5.53. The van der Waals surface area contributed by atoms with Gasteiger partial charge in [0, 0.05) is 6.54 Å². The molecule has 1 saturated heterocycles. The van der Waals surface area contributed by atoms with Crippen molar-refractivity contribution in [1.29, 1.82) is 0 Å². The van der Waals surface area contributed by atoms with Crippen LogP contribution in [0.1, 0.15) is 18.9 Å². The fourth-order valence-corrected chi connectivity index (χ4v) is 2.78. The van der Waals surface area contributed by atoms with Crippen molar-refractivity contribution in [2.75, 3.05) is 26.3 Å². The minimum Gasteiger partial charge on any atom is -0.389 e. The van der Waals surface area contributed by atoms with Crippen LogP contribution in [-0.2, 0) is 16.1 Å². The van der Waals surface area contributed by atoms with Gasteiger partial charge in [0.05, 0.1) is 31.9 Å². The Hall–Kier alpha value is -1.54. The molecular formula is C17H25FN2O4. The third kappa shape index (κ3) is 5.24. The molecular weight excluding hydrogens is 315 g/mol. The lowest BCUT2D eigenvalue weighted by molar-refractivity contribution is -0.140. The third-order valence-electron chi connectivity index (χ3n) is 4.10. The molecule has 1 aromatic carbocycles. The maximum atomic E-state index is 12.9. The molecule has 0 aliphatic carbocycles. The minimum atomic E-state index is -0.939. The first-order valence-electron chi connectivity index (χ1n) is 8.20. The van der Waals surface area contributed by atoms with Crippen LogP contribution in [0.3, 0.4) is 0 Å². The number of nitrogens with zero attached hydrogens (tertiary/aromatic N) is 1. The summed E-state index contributed by atoms with van der Waals surface area (Å²) in [6.45, 7) is 3.40. The number of benzene rings is 1. The molecule has 1 aliphatic rings. The van der Waals surface area contributed by atoms with Gasteiger partial charge in [-0.15, -0.1) is 0 Å². The van der Waals surface area contributed by atoms with E-state index in [1.54, 1.807) is 12.1 Å². The molecule has 134 valence electrons. The Morgan fingerprint density at radius 1 is 1.33 bits per heavy atom. The number of nitrogens with one attached hydrogen (secondary N) is 1. The lowest BCUT2D eigenvalue weighted by atomic mass is 10.0. The number of carbonyl (C=O) groups is 1. The van der Waals surface area contributed by atoms with Crippen molar-refractivity contribution >= 4 is 5.91 Å². The Morgan fingerprint density at radius 2 is 2.04 bits per heavy atom. The molecule has 0 aromatic heterocycles. The molecule has 3 atom stereocenters. The van der Waals surface area contributed by atoms with Crippen molar-refractivity contribution in [2.24, 2.45) is 0 Å².